The molecular weight excluding hydrogens is 154 g/mol. The smallest absolute Gasteiger partial charge is 0.0644 e. The lowest BCUT2D eigenvalue weighted by molar-refractivity contribution is -0.0316. The molecule has 12 heavy (non-hydrogen) atoms. The summed E-state index contributed by atoms with van der Waals surface area (Å²) in [6.07, 6.45) is 0. The van der Waals surface area contributed by atoms with Crippen molar-refractivity contribution in [3.05, 3.63) is 0 Å². The Morgan fingerprint density at radius 3 is 2.92 bits per heavy atom. The van der Waals surface area contributed by atoms with Gasteiger partial charge in [-0.3, -0.25) is 4.90 Å². The SMILES string of the molecule is CC(C)CN1CCOC[C@H]1CO. The Bertz CT molecular complexity index is 128. The molecule has 3 nitrogen and oxygen atoms in total. The summed E-state index contributed by atoms with van der Waals surface area (Å²) in [5.74, 6) is 0.664. The zero-order chi connectivity index (χ0) is 8.97. The maximum Gasteiger partial charge on any atom is 0.0644 e. The molecule has 0 aliphatic carbocycles. The molecule has 0 bridgehead atoms. The Hall–Kier alpha value is -0.120. The van der Waals surface area contributed by atoms with Crippen LogP contribution in [-0.4, -0.2) is 49.0 Å². The summed E-state index contributed by atoms with van der Waals surface area (Å²) in [6.45, 7) is 8.13. The van der Waals surface area contributed by atoms with Crippen molar-refractivity contribution in [2.24, 2.45) is 5.92 Å². The van der Waals surface area contributed by atoms with Crippen molar-refractivity contribution in [1.82, 2.24) is 4.90 Å². The molecule has 0 spiro atoms. The minimum Gasteiger partial charge on any atom is -0.395 e. The summed E-state index contributed by atoms with van der Waals surface area (Å²) < 4.78 is 5.28. The molecule has 1 heterocycles. The van der Waals surface area contributed by atoms with Crippen LogP contribution in [0.25, 0.3) is 0 Å². The summed E-state index contributed by atoms with van der Waals surface area (Å²) in [7, 11) is 0. The second kappa shape index (κ2) is 4.80. The summed E-state index contributed by atoms with van der Waals surface area (Å²) in [5, 5.41) is 9.05. The summed E-state index contributed by atoms with van der Waals surface area (Å²) >= 11 is 0. The molecule has 0 radical (unpaired) electrons. The predicted molar refractivity (Wildman–Crippen MR) is 48.1 cm³/mol. The van der Waals surface area contributed by atoms with Crippen molar-refractivity contribution in [3.8, 4) is 0 Å². The van der Waals surface area contributed by atoms with Crippen molar-refractivity contribution < 1.29 is 9.84 Å². The first-order chi connectivity index (χ1) is 5.74. The highest BCUT2D eigenvalue weighted by molar-refractivity contribution is 4.74. The standard InChI is InChI=1S/C9H19NO2/c1-8(2)5-10-3-4-12-7-9(10)6-11/h8-9,11H,3-7H2,1-2H3/t9-/m1/s1. The van der Waals surface area contributed by atoms with Gasteiger partial charge < -0.3 is 9.84 Å². The molecule has 1 atom stereocenters. The molecule has 1 saturated heterocycles. The van der Waals surface area contributed by atoms with Crippen LogP contribution in [0.1, 0.15) is 13.8 Å². The lowest BCUT2D eigenvalue weighted by atomic mass is 10.1. The van der Waals surface area contributed by atoms with Crippen LogP contribution >= 0.6 is 0 Å². The fourth-order valence-corrected chi connectivity index (χ4v) is 1.57. The molecule has 72 valence electrons. The van der Waals surface area contributed by atoms with Crippen molar-refractivity contribution >= 4 is 0 Å². The molecule has 1 rings (SSSR count). The number of morpholine rings is 1. The number of hydrogen-bond acceptors (Lipinski definition) is 3. The number of aliphatic hydroxyl groups is 1. The van der Waals surface area contributed by atoms with Gasteiger partial charge in [0.05, 0.1) is 25.9 Å². The molecule has 0 unspecified atom stereocenters. The second-order valence-electron chi connectivity index (χ2n) is 3.80. The van der Waals surface area contributed by atoms with E-state index in [-0.39, 0.29) is 12.6 Å². The number of hydrogen-bond donors (Lipinski definition) is 1. The van der Waals surface area contributed by atoms with Crippen LogP contribution < -0.4 is 0 Å². The number of ether oxygens (including phenoxy) is 1. The minimum atomic E-state index is 0.215. The first-order valence-corrected chi connectivity index (χ1v) is 4.66. The highest BCUT2D eigenvalue weighted by Gasteiger charge is 2.22. The zero-order valence-corrected chi connectivity index (χ0v) is 7.99. The Balaban J connectivity index is 2.36. The normalized spacial score (nSPS) is 26.5. The topological polar surface area (TPSA) is 32.7 Å². The molecule has 1 N–H and O–H groups in total. The van der Waals surface area contributed by atoms with E-state index in [1.165, 1.54) is 0 Å². The van der Waals surface area contributed by atoms with Crippen molar-refractivity contribution in [2.75, 3.05) is 32.9 Å². The third kappa shape index (κ3) is 2.73. The van der Waals surface area contributed by atoms with Gasteiger partial charge in [0.1, 0.15) is 0 Å². The van der Waals surface area contributed by atoms with E-state index in [0.717, 1.165) is 19.7 Å². The van der Waals surface area contributed by atoms with Crippen LogP contribution in [-0.2, 0) is 4.74 Å². The maximum atomic E-state index is 9.05. The lowest BCUT2D eigenvalue weighted by Crippen LogP contribution is -2.48. The average molecular weight is 173 g/mol. The molecule has 0 amide bonds. The quantitative estimate of drug-likeness (QED) is 0.668. The van der Waals surface area contributed by atoms with E-state index in [1.54, 1.807) is 0 Å². The fraction of sp³-hybridized carbons (Fsp3) is 1.00. The predicted octanol–water partition coefficient (Wildman–Crippen LogP) is 0.336. The van der Waals surface area contributed by atoms with Gasteiger partial charge >= 0.3 is 0 Å². The van der Waals surface area contributed by atoms with Crippen LogP contribution in [0.5, 0.6) is 0 Å². The third-order valence-electron chi connectivity index (χ3n) is 2.16. The molecule has 1 fully saturated rings. The van der Waals surface area contributed by atoms with Gasteiger partial charge in [-0.1, -0.05) is 13.8 Å². The Labute approximate surface area is 74.3 Å². The Kier molecular flexibility index (Phi) is 3.98. The van der Waals surface area contributed by atoms with E-state index in [2.05, 4.69) is 18.7 Å². The molecule has 3 heteroatoms. The van der Waals surface area contributed by atoms with Crippen molar-refractivity contribution in [2.45, 2.75) is 19.9 Å². The Morgan fingerprint density at radius 2 is 2.33 bits per heavy atom. The van der Waals surface area contributed by atoms with E-state index in [1.807, 2.05) is 0 Å². The van der Waals surface area contributed by atoms with Gasteiger partial charge in [-0.05, 0) is 5.92 Å². The van der Waals surface area contributed by atoms with Crippen LogP contribution in [0, 0.1) is 5.92 Å². The van der Waals surface area contributed by atoms with Crippen LogP contribution in [0.15, 0.2) is 0 Å². The van der Waals surface area contributed by atoms with Gasteiger partial charge in [-0.25, -0.2) is 0 Å². The molecule has 0 aromatic carbocycles. The van der Waals surface area contributed by atoms with E-state index >= 15 is 0 Å². The van der Waals surface area contributed by atoms with Gasteiger partial charge in [0, 0.05) is 13.1 Å². The summed E-state index contributed by atoms with van der Waals surface area (Å²) in [6, 6.07) is 0.223. The van der Waals surface area contributed by atoms with E-state index in [9.17, 15) is 0 Å². The molecule has 1 aliphatic rings. The average Bonchev–Trinajstić information content (AvgIpc) is 2.04. The van der Waals surface area contributed by atoms with E-state index < -0.39 is 0 Å². The second-order valence-corrected chi connectivity index (χ2v) is 3.80. The van der Waals surface area contributed by atoms with E-state index in [4.69, 9.17) is 9.84 Å². The summed E-state index contributed by atoms with van der Waals surface area (Å²) in [4.78, 5) is 2.31. The largest absolute Gasteiger partial charge is 0.395 e. The van der Waals surface area contributed by atoms with Crippen molar-refractivity contribution in [3.63, 3.8) is 0 Å². The van der Waals surface area contributed by atoms with Gasteiger partial charge in [0.15, 0.2) is 0 Å². The number of rotatable bonds is 3. The molecule has 0 saturated carbocycles. The molecule has 0 aromatic heterocycles. The highest BCUT2D eigenvalue weighted by Crippen LogP contribution is 2.08. The fourth-order valence-electron chi connectivity index (χ4n) is 1.57. The monoisotopic (exact) mass is 173 g/mol. The zero-order valence-electron chi connectivity index (χ0n) is 7.99. The highest BCUT2D eigenvalue weighted by atomic mass is 16.5. The van der Waals surface area contributed by atoms with Gasteiger partial charge in [-0.15, -0.1) is 0 Å². The minimum absolute atomic E-state index is 0.215. The summed E-state index contributed by atoms with van der Waals surface area (Å²) in [5.41, 5.74) is 0. The van der Waals surface area contributed by atoms with Crippen LogP contribution in [0.2, 0.25) is 0 Å². The number of aliphatic hydroxyl groups excluding tert-OH is 1. The molecule has 1 aliphatic heterocycles. The Morgan fingerprint density at radius 1 is 1.58 bits per heavy atom. The first kappa shape index (κ1) is 9.96. The number of nitrogens with zero attached hydrogens (tertiary/aromatic N) is 1. The molecule has 0 aromatic rings. The van der Waals surface area contributed by atoms with Gasteiger partial charge in [0.25, 0.3) is 0 Å². The lowest BCUT2D eigenvalue weighted by Gasteiger charge is -2.35. The van der Waals surface area contributed by atoms with E-state index in [0.29, 0.717) is 12.5 Å². The van der Waals surface area contributed by atoms with Gasteiger partial charge in [0.2, 0.25) is 0 Å². The molecular formula is C9H19NO2. The first-order valence-electron chi connectivity index (χ1n) is 4.66. The van der Waals surface area contributed by atoms with Gasteiger partial charge in [-0.2, -0.15) is 0 Å². The van der Waals surface area contributed by atoms with Crippen LogP contribution in [0.3, 0.4) is 0 Å². The van der Waals surface area contributed by atoms with Crippen molar-refractivity contribution in [1.29, 1.82) is 0 Å². The maximum absolute atomic E-state index is 9.05. The van der Waals surface area contributed by atoms with Crippen LogP contribution in [0.4, 0.5) is 0 Å². The third-order valence-corrected chi connectivity index (χ3v) is 2.16.